The largest absolute Gasteiger partial charge is 0.269 e. The first kappa shape index (κ1) is 10.1. The van der Waals surface area contributed by atoms with E-state index in [1.807, 2.05) is 0 Å². The van der Waals surface area contributed by atoms with Crippen LogP contribution in [-0.2, 0) is 10.0 Å². The Labute approximate surface area is 89.8 Å². The molecule has 78 valence electrons. The highest BCUT2D eigenvalue weighted by Crippen LogP contribution is 2.26. The highest BCUT2D eigenvalue weighted by atomic mass is 32.2. The van der Waals surface area contributed by atoms with Crippen LogP contribution in [0.15, 0.2) is 24.3 Å². The Hall–Kier alpha value is -1.47. The Morgan fingerprint density at radius 2 is 2.07 bits per heavy atom. The van der Waals surface area contributed by atoms with Crippen LogP contribution in [0.1, 0.15) is 12.0 Å². The molecule has 1 aliphatic rings. The molecule has 0 aromatic heterocycles. The first-order chi connectivity index (χ1) is 7.15. The molecule has 1 heterocycles. The van der Waals surface area contributed by atoms with Crippen LogP contribution in [0.2, 0.25) is 0 Å². The van der Waals surface area contributed by atoms with Crippen LogP contribution in [0.3, 0.4) is 0 Å². The van der Waals surface area contributed by atoms with E-state index in [0.717, 1.165) is 0 Å². The van der Waals surface area contributed by atoms with Gasteiger partial charge >= 0.3 is 0 Å². The lowest BCUT2D eigenvalue weighted by Crippen LogP contribution is -2.25. The number of para-hydroxylation sites is 1. The van der Waals surface area contributed by atoms with Crippen molar-refractivity contribution in [1.82, 2.24) is 0 Å². The summed E-state index contributed by atoms with van der Waals surface area (Å²) in [5, 5.41) is 0. The van der Waals surface area contributed by atoms with E-state index in [-0.39, 0.29) is 5.75 Å². The number of sulfonamides is 1. The lowest BCUT2D eigenvalue weighted by molar-refractivity contribution is 0.599. The van der Waals surface area contributed by atoms with Crippen LogP contribution < -0.4 is 4.31 Å². The minimum absolute atomic E-state index is 0.214. The zero-order chi connectivity index (χ0) is 10.9. The first-order valence-corrected chi connectivity index (χ1v) is 6.32. The SMILES string of the molecule is C#Cc1ccccc1N1CCCS1(=O)=O. The molecular weight excluding hydrogens is 210 g/mol. The van der Waals surface area contributed by atoms with E-state index in [1.54, 1.807) is 24.3 Å². The monoisotopic (exact) mass is 221 g/mol. The fourth-order valence-electron chi connectivity index (χ4n) is 1.72. The molecule has 0 bridgehead atoms. The van der Waals surface area contributed by atoms with Crippen molar-refractivity contribution in [3.05, 3.63) is 29.8 Å². The second kappa shape index (κ2) is 3.59. The first-order valence-electron chi connectivity index (χ1n) is 4.71. The fraction of sp³-hybridized carbons (Fsp3) is 0.273. The normalized spacial score (nSPS) is 18.7. The molecule has 3 nitrogen and oxygen atoms in total. The van der Waals surface area contributed by atoms with Crippen molar-refractivity contribution in [2.45, 2.75) is 6.42 Å². The summed E-state index contributed by atoms with van der Waals surface area (Å²) < 4.78 is 24.8. The molecule has 0 spiro atoms. The maximum absolute atomic E-state index is 11.7. The number of benzene rings is 1. The van der Waals surface area contributed by atoms with Gasteiger partial charge in [-0.25, -0.2) is 8.42 Å². The maximum Gasteiger partial charge on any atom is 0.235 e. The van der Waals surface area contributed by atoms with Gasteiger partial charge in [0.1, 0.15) is 0 Å². The van der Waals surface area contributed by atoms with Gasteiger partial charge in [0.25, 0.3) is 0 Å². The van der Waals surface area contributed by atoms with Crippen molar-refractivity contribution in [3.8, 4) is 12.3 Å². The van der Waals surface area contributed by atoms with E-state index in [1.165, 1.54) is 4.31 Å². The third-order valence-electron chi connectivity index (χ3n) is 2.43. The Morgan fingerprint density at radius 1 is 1.33 bits per heavy atom. The zero-order valence-corrected chi connectivity index (χ0v) is 9.00. The Bertz CT molecular complexity index is 514. The van der Waals surface area contributed by atoms with Gasteiger partial charge in [-0.1, -0.05) is 18.1 Å². The lowest BCUT2D eigenvalue weighted by atomic mass is 10.2. The summed E-state index contributed by atoms with van der Waals surface area (Å²) >= 11 is 0. The van der Waals surface area contributed by atoms with Crippen molar-refractivity contribution in [2.75, 3.05) is 16.6 Å². The van der Waals surface area contributed by atoms with E-state index in [9.17, 15) is 8.42 Å². The summed E-state index contributed by atoms with van der Waals surface area (Å²) in [6.07, 6.45) is 6.00. The number of hydrogen-bond acceptors (Lipinski definition) is 2. The van der Waals surface area contributed by atoms with Gasteiger partial charge in [0.15, 0.2) is 0 Å². The van der Waals surface area contributed by atoms with Crippen LogP contribution >= 0.6 is 0 Å². The van der Waals surface area contributed by atoms with Gasteiger partial charge in [0.2, 0.25) is 10.0 Å². The molecule has 1 fully saturated rings. The minimum atomic E-state index is -3.13. The summed E-state index contributed by atoms with van der Waals surface area (Å²) in [5.74, 6) is 2.72. The van der Waals surface area contributed by atoms with Gasteiger partial charge in [-0.3, -0.25) is 4.31 Å². The third kappa shape index (κ3) is 1.71. The maximum atomic E-state index is 11.7. The molecular formula is C11H11NO2S. The number of nitrogens with zero attached hydrogens (tertiary/aromatic N) is 1. The second-order valence-corrected chi connectivity index (χ2v) is 5.42. The number of anilines is 1. The van der Waals surface area contributed by atoms with Crippen molar-refractivity contribution < 1.29 is 8.42 Å². The predicted octanol–water partition coefficient (Wildman–Crippen LogP) is 1.21. The molecule has 0 N–H and O–H groups in total. The molecule has 15 heavy (non-hydrogen) atoms. The van der Waals surface area contributed by atoms with E-state index < -0.39 is 10.0 Å². The summed E-state index contributed by atoms with van der Waals surface area (Å²) in [6.45, 7) is 0.529. The average Bonchev–Trinajstić information content (AvgIpc) is 2.58. The van der Waals surface area contributed by atoms with E-state index >= 15 is 0 Å². The van der Waals surface area contributed by atoms with Crippen LogP contribution in [0.25, 0.3) is 0 Å². The third-order valence-corrected chi connectivity index (χ3v) is 4.28. The Balaban J connectivity index is 2.51. The standard InChI is InChI=1S/C11H11NO2S/c1-2-10-6-3-4-7-11(10)12-8-5-9-15(12,13)14/h1,3-4,6-7H,5,8-9H2. The molecule has 1 aliphatic heterocycles. The fourth-order valence-corrected chi connectivity index (χ4v) is 3.30. The lowest BCUT2D eigenvalue weighted by Gasteiger charge is -2.18. The molecule has 1 aromatic carbocycles. The van der Waals surface area contributed by atoms with Gasteiger partial charge in [0.05, 0.1) is 11.4 Å². The average molecular weight is 221 g/mol. The summed E-state index contributed by atoms with van der Waals surface area (Å²) in [4.78, 5) is 0. The van der Waals surface area contributed by atoms with Crippen LogP contribution in [0.4, 0.5) is 5.69 Å². The van der Waals surface area contributed by atoms with Gasteiger partial charge in [0, 0.05) is 12.1 Å². The number of rotatable bonds is 1. The molecule has 0 radical (unpaired) electrons. The van der Waals surface area contributed by atoms with Crippen LogP contribution in [0, 0.1) is 12.3 Å². The zero-order valence-electron chi connectivity index (χ0n) is 8.18. The molecule has 2 rings (SSSR count). The smallest absolute Gasteiger partial charge is 0.235 e. The summed E-state index contributed by atoms with van der Waals surface area (Å²) in [5.41, 5.74) is 1.25. The molecule has 0 amide bonds. The van der Waals surface area contributed by atoms with E-state index in [2.05, 4.69) is 5.92 Å². The van der Waals surface area contributed by atoms with Crippen molar-refractivity contribution in [1.29, 1.82) is 0 Å². The molecule has 0 saturated carbocycles. The van der Waals surface area contributed by atoms with Crippen LogP contribution in [0.5, 0.6) is 0 Å². The minimum Gasteiger partial charge on any atom is -0.269 e. The van der Waals surface area contributed by atoms with Crippen molar-refractivity contribution in [3.63, 3.8) is 0 Å². The second-order valence-electron chi connectivity index (χ2n) is 3.40. The van der Waals surface area contributed by atoms with Crippen LogP contribution in [-0.4, -0.2) is 20.7 Å². The number of hydrogen-bond donors (Lipinski definition) is 0. The topological polar surface area (TPSA) is 37.4 Å². The molecule has 1 saturated heterocycles. The Morgan fingerprint density at radius 3 is 2.67 bits per heavy atom. The van der Waals surface area contributed by atoms with Gasteiger partial charge in [-0.05, 0) is 18.6 Å². The molecule has 0 atom stereocenters. The van der Waals surface area contributed by atoms with E-state index in [0.29, 0.717) is 24.2 Å². The summed E-state index contributed by atoms with van der Waals surface area (Å²) in [7, 11) is -3.13. The van der Waals surface area contributed by atoms with Gasteiger partial charge in [-0.2, -0.15) is 0 Å². The van der Waals surface area contributed by atoms with Gasteiger partial charge < -0.3 is 0 Å². The van der Waals surface area contributed by atoms with E-state index in [4.69, 9.17) is 6.42 Å². The molecule has 0 unspecified atom stereocenters. The Kier molecular flexibility index (Phi) is 2.41. The highest BCUT2D eigenvalue weighted by molar-refractivity contribution is 7.93. The predicted molar refractivity (Wildman–Crippen MR) is 60.1 cm³/mol. The quantitative estimate of drug-likeness (QED) is 0.668. The number of terminal acetylenes is 1. The molecule has 4 heteroatoms. The van der Waals surface area contributed by atoms with Gasteiger partial charge in [-0.15, -0.1) is 6.42 Å². The van der Waals surface area contributed by atoms with Crippen molar-refractivity contribution in [2.24, 2.45) is 0 Å². The molecule has 0 aliphatic carbocycles. The molecule has 1 aromatic rings. The van der Waals surface area contributed by atoms with Crippen molar-refractivity contribution >= 4 is 15.7 Å². The summed E-state index contributed by atoms with van der Waals surface area (Å²) in [6, 6.07) is 7.10. The highest BCUT2D eigenvalue weighted by Gasteiger charge is 2.29.